The summed E-state index contributed by atoms with van der Waals surface area (Å²) in [5.74, 6) is 2.20. The third-order valence-electron chi connectivity index (χ3n) is 12.5. The maximum absolute atomic E-state index is 5.32. The largest absolute Gasteiger partial charge is 0.256 e. The molecule has 0 radical (unpaired) electrons. The number of fused-ring (bicyclic) bond motifs is 11. The van der Waals surface area contributed by atoms with Gasteiger partial charge in [-0.3, -0.25) is 4.98 Å². The van der Waals surface area contributed by atoms with Gasteiger partial charge in [-0.1, -0.05) is 158 Å². The summed E-state index contributed by atoms with van der Waals surface area (Å²) >= 11 is 2.02. The molecular formula is C53H36N4S. The van der Waals surface area contributed by atoms with Crippen molar-refractivity contribution in [1.29, 1.82) is 0 Å². The number of para-hydroxylation sites is 1. The number of hydrogen-bond donors (Lipinski definition) is 0. The van der Waals surface area contributed by atoms with Crippen molar-refractivity contribution in [2.24, 2.45) is 5.92 Å². The summed E-state index contributed by atoms with van der Waals surface area (Å²) in [5, 5.41) is 3.71. The average Bonchev–Trinajstić information content (AvgIpc) is 3.58. The highest BCUT2D eigenvalue weighted by Crippen LogP contribution is 2.66. The lowest BCUT2D eigenvalue weighted by molar-refractivity contribution is 0.453. The van der Waals surface area contributed by atoms with Crippen LogP contribution < -0.4 is 0 Å². The van der Waals surface area contributed by atoms with Crippen molar-refractivity contribution < 1.29 is 0 Å². The number of rotatable bonds is 4. The van der Waals surface area contributed by atoms with Crippen LogP contribution in [-0.4, -0.2) is 25.2 Å². The fourth-order valence-corrected chi connectivity index (χ4v) is 11.4. The van der Waals surface area contributed by atoms with Crippen LogP contribution in [0.4, 0.5) is 0 Å². The summed E-state index contributed by atoms with van der Waals surface area (Å²) in [4.78, 5) is 22.0. The third kappa shape index (κ3) is 5.03. The quantitative estimate of drug-likeness (QED) is 0.179. The Morgan fingerprint density at radius 2 is 1.19 bits per heavy atom. The molecule has 1 saturated heterocycles. The van der Waals surface area contributed by atoms with Crippen molar-refractivity contribution in [3.63, 3.8) is 0 Å². The Kier molecular flexibility index (Phi) is 7.61. The maximum Gasteiger partial charge on any atom is 0.164 e. The van der Waals surface area contributed by atoms with Crippen LogP contribution in [0.15, 0.2) is 193 Å². The van der Waals surface area contributed by atoms with E-state index in [9.17, 15) is 0 Å². The molecule has 6 aromatic carbocycles. The molecule has 274 valence electrons. The van der Waals surface area contributed by atoms with E-state index >= 15 is 0 Å². The highest BCUT2D eigenvalue weighted by molar-refractivity contribution is 8.04. The molecule has 0 saturated carbocycles. The van der Waals surface area contributed by atoms with Gasteiger partial charge in [0, 0.05) is 49.9 Å². The first-order valence-corrected chi connectivity index (χ1v) is 21.0. The zero-order chi connectivity index (χ0) is 38.2. The molecule has 0 N–H and O–H groups in total. The predicted molar refractivity (Wildman–Crippen MR) is 239 cm³/mol. The van der Waals surface area contributed by atoms with Crippen molar-refractivity contribution in [1.82, 2.24) is 19.9 Å². The van der Waals surface area contributed by atoms with Gasteiger partial charge in [-0.25, -0.2) is 15.0 Å². The van der Waals surface area contributed by atoms with Crippen molar-refractivity contribution in [2.75, 3.05) is 0 Å². The van der Waals surface area contributed by atoms with Gasteiger partial charge in [0.1, 0.15) is 0 Å². The van der Waals surface area contributed by atoms with Gasteiger partial charge in [0.05, 0.1) is 10.9 Å². The van der Waals surface area contributed by atoms with E-state index in [4.69, 9.17) is 19.9 Å². The minimum absolute atomic E-state index is 0.199. The van der Waals surface area contributed by atoms with Crippen molar-refractivity contribution >= 4 is 33.4 Å². The molecule has 58 heavy (non-hydrogen) atoms. The van der Waals surface area contributed by atoms with Crippen molar-refractivity contribution in [3.8, 4) is 56.4 Å². The predicted octanol–water partition coefficient (Wildman–Crippen LogP) is 13.0. The van der Waals surface area contributed by atoms with Crippen molar-refractivity contribution in [3.05, 3.63) is 204 Å². The smallest absolute Gasteiger partial charge is 0.164 e. The lowest BCUT2D eigenvalue weighted by atomic mass is 9.60. The first-order chi connectivity index (χ1) is 28.7. The van der Waals surface area contributed by atoms with E-state index in [1.165, 1.54) is 38.3 Å². The molecule has 1 fully saturated rings. The topological polar surface area (TPSA) is 51.6 Å². The molecule has 3 unspecified atom stereocenters. The fourth-order valence-electron chi connectivity index (χ4n) is 9.95. The highest BCUT2D eigenvalue weighted by Gasteiger charge is 2.56. The van der Waals surface area contributed by atoms with Crippen LogP contribution in [0.5, 0.6) is 0 Å². The van der Waals surface area contributed by atoms with Crippen LogP contribution in [-0.2, 0) is 5.41 Å². The molecule has 1 aliphatic heterocycles. The Morgan fingerprint density at radius 3 is 2.07 bits per heavy atom. The van der Waals surface area contributed by atoms with Gasteiger partial charge >= 0.3 is 0 Å². The molecule has 5 heteroatoms. The maximum atomic E-state index is 5.32. The molecule has 1 spiro atoms. The number of hydrogen-bond acceptors (Lipinski definition) is 5. The van der Waals surface area contributed by atoms with Gasteiger partial charge in [0.25, 0.3) is 0 Å². The normalized spacial score (nSPS) is 20.0. The summed E-state index contributed by atoms with van der Waals surface area (Å²) in [5.41, 5.74) is 12.5. The Morgan fingerprint density at radius 1 is 0.517 bits per heavy atom. The SMILES string of the molecule is C1=CC2SC3=CCCC=C3C3(c4cc(-c5nc(-c6ccccc6)nc(-c6cccc7ccccc67)n5)ccc4-c4ccc(-c5cccc6cccnc56)cc43)C2C=C1. The molecular weight excluding hydrogens is 725 g/mol. The van der Waals surface area contributed by atoms with Crippen LogP contribution in [0.3, 0.4) is 0 Å². The Hall–Kier alpha value is -6.69. The van der Waals surface area contributed by atoms with Gasteiger partial charge in [0.2, 0.25) is 0 Å². The van der Waals surface area contributed by atoms with E-state index in [-0.39, 0.29) is 11.2 Å². The number of aromatic nitrogens is 4. The van der Waals surface area contributed by atoms with E-state index < -0.39 is 5.41 Å². The third-order valence-corrected chi connectivity index (χ3v) is 13.8. The Bertz CT molecular complexity index is 3110. The van der Waals surface area contributed by atoms with Gasteiger partial charge < -0.3 is 0 Å². The van der Waals surface area contributed by atoms with Crippen LogP contribution in [0.1, 0.15) is 24.0 Å². The molecule has 0 amide bonds. The van der Waals surface area contributed by atoms with E-state index in [0.717, 1.165) is 56.8 Å². The summed E-state index contributed by atoms with van der Waals surface area (Å²) in [6, 6.07) is 49.9. The van der Waals surface area contributed by atoms with E-state index in [1.807, 2.05) is 42.2 Å². The molecule has 3 atom stereocenters. The zero-order valence-corrected chi connectivity index (χ0v) is 32.4. The van der Waals surface area contributed by atoms with Gasteiger partial charge in [0.15, 0.2) is 17.5 Å². The number of pyridine rings is 1. The Balaban J connectivity index is 1.11. The van der Waals surface area contributed by atoms with E-state index in [1.54, 1.807) is 0 Å². The monoisotopic (exact) mass is 760 g/mol. The van der Waals surface area contributed by atoms with E-state index in [0.29, 0.717) is 17.5 Å². The molecule has 4 aliphatic rings. The number of thioether (sulfide) groups is 1. The molecule has 8 aromatic rings. The van der Waals surface area contributed by atoms with Crippen LogP contribution >= 0.6 is 11.8 Å². The molecule has 12 rings (SSSR count). The summed E-state index contributed by atoms with van der Waals surface area (Å²) in [6.07, 6.45) is 18.4. The lowest BCUT2D eigenvalue weighted by Gasteiger charge is -2.49. The first-order valence-electron chi connectivity index (χ1n) is 20.1. The highest BCUT2D eigenvalue weighted by atomic mass is 32.2. The molecule has 2 aromatic heterocycles. The second-order valence-electron chi connectivity index (χ2n) is 15.5. The zero-order valence-electron chi connectivity index (χ0n) is 31.6. The number of nitrogens with zero attached hydrogens (tertiary/aromatic N) is 4. The van der Waals surface area contributed by atoms with Gasteiger partial charge in [-0.2, -0.15) is 0 Å². The average molecular weight is 761 g/mol. The number of allylic oxidation sites excluding steroid dienone is 6. The summed E-state index contributed by atoms with van der Waals surface area (Å²) in [6.45, 7) is 0. The number of benzene rings is 6. The minimum Gasteiger partial charge on any atom is -0.256 e. The van der Waals surface area contributed by atoms with Crippen LogP contribution in [0.25, 0.3) is 78.1 Å². The standard InChI is InChI=1S/C53H36N4S/c1-2-14-35(15-3-1)50-55-51(57-52(56-50)42-21-10-16-33-13-4-5-19-38(33)42)37-27-29-41-40-28-26-36(39-20-11-17-34-18-12-30-54-49(34)39)31-45(40)53(46(41)32-37)43-22-6-8-24-47(43)58-48-25-9-7-23-44(48)53/h1-6,8,10-32,43,47H,7,9H2. The Labute approximate surface area is 341 Å². The van der Waals surface area contributed by atoms with Crippen LogP contribution in [0, 0.1) is 5.92 Å². The lowest BCUT2D eigenvalue weighted by Crippen LogP contribution is -2.45. The summed E-state index contributed by atoms with van der Waals surface area (Å²) in [7, 11) is 0. The van der Waals surface area contributed by atoms with Gasteiger partial charge in [-0.15, -0.1) is 11.8 Å². The molecule has 4 nitrogen and oxygen atoms in total. The first kappa shape index (κ1) is 33.4. The molecule has 3 aliphatic carbocycles. The molecule has 0 bridgehead atoms. The van der Waals surface area contributed by atoms with Crippen LogP contribution in [0.2, 0.25) is 0 Å². The second kappa shape index (κ2) is 13.2. The van der Waals surface area contributed by atoms with Gasteiger partial charge in [-0.05, 0) is 75.2 Å². The van der Waals surface area contributed by atoms with Crippen molar-refractivity contribution in [2.45, 2.75) is 23.5 Å². The fraction of sp³-hybridized carbons (Fsp3) is 0.0943. The second-order valence-corrected chi connectivity index (χ2v) is 16.8. The van der Waals surface area contributed by atoms with E-state index in [2.05, 4.69) is 152 Å². The minimum atomic E-state index is -0.425. The summed E-state index contributed by atoms with van der Waals surface area (Å²) < 4.78 is 0. The molecule has 3 heterocycles.